The smallest absolute Gasteiger partial charge is 0.352 e. The largest absolute Gasteiger partial charge is 0.508 e. The number of carboxylic acid groups (broad SMARTS) is 2. The van der Waals surface area contributed by atoms with Crippen LogP contribution < -0.4 is 21.9 Å². The average molecular weight is 674 g/mol. The highest BCUT2D eigenvalue weighted by atomic mass is 32.2. The van der Waals surface area contributed by atoms with E-state index in [1.807, 2.05) is 10.1 Å². The van der Waals surface area contributed by atoms with Crippen molar-refractivity contribution in [3.8, 4) is 5.75 Å². The second-order valence-electron chi connectivity index (χ2n) is 9.82. The van der Waals surface area contributed by atoms with Crippen LogP contribution in [-0.4, -0.2) is 103 Å². The fourth-order valence-corrected chi connectivity index (χ4v) is 7.03. The van der Waals surface area contributed by atoms with E-state index in [4.69, 9.17) is 5.11 Å². The molecule has 3 aromatic rings. The van der Waals surface area contributed by atoms with E-state index >= 15 is 0 Å². The zero-order valence-electron chi connectivity index (χ0n) is 23.4. The van der Waals surface area contributed by atoms with Crippen molar-refractivity contribution in [2.45, 2.75) is 29.0 Å². The molecule has 0 radical (unpaired) electrons. The lowest BCUT2D eigenvalue weighted by Crippen LogP contribution is -2.71. The van der Waals surface area contributed by atoms with E-state index in [9.17, 15) is 43.8 Å². The first-order valence-corrected chi connectivity index (χ1v) is 15.1. The summed E-state index contributed by atoms with van der Waals surface area (Å²) in [4.78, 5) is 89.1. The van der Waals surface area contributed by atoms with Gasteiger partial charge in [0.05, 0.1) is 0 Å². The first-order valence-electron chi connectivity index (χ1n) is 13.1. The van der Waals surface area contributed by atoms with Gasteiger partial charge in [0.25, 0.3) is 17.4 Å². The van der Waals surface area contributed by atoms with Gasteiger partial charge in [-0.25, -0.2) is 14.7 Å². The van der Waals surface area contributed by atoms with E-state index in [2.05, 4.69) is 25.9 Å². The van der Waals surface area contributed by atoms with Crippen molar-refractivity contribution >= 4 is 53.2 Å². The van der Waals surface area contributed by atoms with Crippen molar-refractivity contribution < 1.29 is 39.3 Å². The lowest BCUT2D eigenvalue weighted by Gasteiger charge is -2.49. The SMILES string of the molecule is Cn1c(CC(=O)O)nnc1SCC1=C(C(=O)O)N2C(=O)C(NC(=O)C(NC(=O)c3n[nH]c(=O)[nH]c3=O)c3ccc(O)cc3)[C@@H]2SC1. The summed E-state index contributed by atoms with van der Waals surface area (Å²) in [6.45, 7) is 0. The van der Waals surface area contributed by atoms with Crippen LogP contribution in [0.1, 0.15) is 27.9 Å². The number of hydrogen-bond acceptors (Lipinski definition) is 13. The van der Waals surface area contributed by atoms with Gasteiger partial charge in [-0.15, -0.1) is 22.0 Å². The highest BCUT2D eigenvalue weighted by Crippen LogP contribution is 2.41. The molecule has 0 bridgehead atoms. The lowest BCUT2D eigenvalue weighted by molar-refractivity contribution is -0.151. The maximum absolute atomic E-state index is 13.5. The van der Waals surface area contributed by atoms with Gasteiger partial charge in [-0.2, -0.15) is 5.10 Å². The number of aromatic nitrogens is 6. The molecule has 1 fully saturated rings. The van der Waals surface area contributed by atoms with Crippen LogP contribution in [0.5, 0.6) is 5.75 Å². The number of phenols is 1. The van der Waals surface area contributed by atoms with Gasteiger partial charge in [-0.05, 0) is 23.3 Å². The summed E-state index contributed by atoms with van der Waals surface area (Å²) in [5.41, 5.74) is -2.52. The van der Waals surface area contributed by atoms with Crippen LogP contribution in [0.3, 0.4) is 0 Å². The number of amides is 3. The molecule has 1 aromatic carbocycles. The number of H-pyrrole nitrogens is 2. The normalized spacial score (nSPS) is 17.9. The van der Waals surface area contributed by atoms with E-state index in [1.54, 1.807) is 7.05 Å². The Hall–Kier alpha value is -5.44. The fourth-order valence-electron chi connectivity index (χ4n) is 4.61. The number of hydrogen-bond donors (Lipinski definition) is 7. The molecule has 5 rings (SSSR count). The van der Waals surface area contributed by atoms with Gasteiger partial charge in [0, 0.05) is 18.6 Å². The van der Waals surface area contributed by atoms with Crippen molar-refractivity contribution in [2.75, 3.05) is 11.5 Å². The number of phenolic OH excluding ortho intramolecular Hbond substituents is 1. The van der Waals surface area contributed by atoms with Gasteiger partial charge in [0.2, 0.25) is 11.6 Å². The molecule has 19 nitrogen and oxygen atoms in total. The van der Waals surface area contributed by atoms with Crippen molar-refractivity contribution in [3.63, 3.8) is 0 Å². The van der Waals surface area contributed by atoms with Crippen LogP contribution in [0.25, 0.3) is 0 Å². The highest BCUT2D eigenvalue weighted by molar-refractivity contribution is 8.01. The summed E-state index contributed by atoms with van der Waals surface area (Å²) >= 11 is 2.32. The Balaban J connectivity index is 1.33. The Morgan fingerprint density at radius 3 is 2.50 bits per heavy atom. The van der Waals surface area contributed by atoms with Crippen molar-refractivity contribution in [2.24, 2.45) is 7.05 Å². The van der Waals surface area contributed by atoms with Gasteiger partial charge >= 0.3 is 17.6 Å². The molecule has 2 aliphatic rings. The monoisotopic (exact) mass is 673 g/mol. The molecule has 0 saturated carbocycles. The summed E-state index contributed by atoms with van der Waals surface area (Å²) in [5.74, 6) is -4.84. The number of aromatic amines is 2. The van der Waals surface area contributed by atoms with Crippen LogP contribution in [-0.2, 0) is 32.6 Å². The number of nitrogens with one attached hydrogen (secondary N) is 4. The number of aliphatic carboxylic acids is 2. The quantitative estimate of drug-likeness (QED) is 0.0849. The van der Waals surface area contributed by atoms with E-state index in [-0.39, 0.29) is 40.8 Å². The van der Waals surface area contributed by atoms with Gasteiger partial charge < -0.3 is 30.5 Å². The molecular formula is C25H23N9O10S2. The van der Waals surface area contributed by atoms with Crippen molar-refractivity contribution in [1.82, 2.24) is 45.5 Å². The van der Waals surface area contributed by atoms with Crippen LogP contribution in [0.2, 0.25) is 0 Å². The van der Waals surface area contributed by atoms with Gasteiger partial charge in [0.1, 0.15) is 41.1 Å². The maximum Gasteiger partial charge on any atom is 0.352 e. The molecule has 3 amide bonds. The summed E-state index contributed by atoms with van der Waals surface area (Å²) in [6.07, 6.45) is -0.348. The van der Waals surface area contributed by atoms with E-state index in [1.165, 1.54) is 40.6 Å². The third-order valence-corrected chi connectivity index (χ3v) is 9.29. The Kier molecular flexibility index (Phi) is 8.96. The van der Waals surface area contributed by atoms with Crippen LogP contribution >= 0.6 is 23.5 Å². The van der Waals surface area contributed by atoms with Gasteiger partial charge in [-0.3, -0.25) is 33.9 Å². The third kappa shape index (κ3) is 6.35. The molecule has 240 valence electrons. The average Bonchev–Trinajstić information content (AvgIpc) is 3.34. The minimum Gasteiger partial charge on any atom is -0.508 e. The lowest BCUT2D eigenvalue weighted by atomic mass is 10.0. The number of carbonyl (C=O) groups excluding carboxylic acids is 3. The number of rotatable bonds is 11. The molecule has 2 unspecified atom stereocenters. The number of nitrogens with zero attached hydrogens (tertiary/aromatic N) is 5. The Bertz CT molecular complexity index is 1900. The molecule has 21 heteroatoms. The fraction of sp³-hybridized carbons (Fsp3) is 0.280. The Morgan fingerprint density at radius 2 is 1.85 bits per heavy atom. The van der Waals surface area contributed by atoms with Crippen molar-refractivity contribution in [1.29, 1.82) is 0 Å². The molecule has 4 heterocycles. The number of benzene rings is 1. The molecule has 3 atom stereocenters. The predicted octanol–water partition coefficient (Wildman–Crippen LogP) is -2.08. The molecule has 7 N–H and O–H groups in total. The summed E-state index contributed by atoms with van der Waals surface area (Å²) in [6, 6.07) is 2.46. The number of thioether (sulfide) groups is 2. The van der Waals surface area contributed by atoms with E-state index < -0.39 is 64.1 Å². The number of β-lactam (4-membered cyclic amide) rings is 1. The minimum absolute atomic E-state index is 0.105. The molecule has 2 aromatic heterocycles. The number of fused-ring (bicyclic) bond motifs is 1. The van der Waals surface area contributed by atoms with Gasteiger partial charge in [0.15, 0.2) is 5.16 Å². The molecule has 46 heavy (non-hydrogen) atoms. The standard InChI is InChI=1S/C25H23N9O10S2/c1-33-12(6-13(36)37)29-32-25(33)46-8-10-7-45-22-16(21(41)34(22)17(10)23(42)43)27-18(38)14(9-2-4-11(35)5-3-9)26-19(39)15-20(40)28-24(44)31-30-15/h2-5,14,16,22,35H,6-8H2,1H3,(H,26,39)(H,27,38)(H,36,37)(H,42,43)(H2,28,31,40,44)/t14?,16?,22-/m0/s1. The van der Waals surface area contributed by atoms with E-state index in [0.29, 0.717) is 10.7 Å². The zero-order valence-corrected chi connectivity index (χ0v) is 25.0. The first kappa shape index (κ1) is 32.0. The Morgan fingerprint density at radius 1 is 1.13 bits per heavy atom. The molecule has 0 spiro atoms. The van der Waals surface area contributed by atoms with Crippen LogP contribution in [0.4, 0.5) is 0 Å². The highest BCUT2D eigenvalue weighted by Gasteiger charge is 2.54. The summed E-state index contributed by atoms with van der Waals surface area (Å²) in [7, 11) is 1.58. The molecule has 2 aliphatic heterocycles. The van der Waals surface area contributed by atoms with Crippen LogP contribution in [0, 0.1) is 0 Å². The Labute approximate surface area is 264 Å². The zero-order chi connectivity index (χ0) is 33.3. The molecule has 0 aliphatic carbocycles. The molecular weight excluding hydrogens is 650 g/mol. The maximum atomic E-state index is 13.5. The first-order chi connectivity index (χ1) is 21.8. The summed E-state index contributed by atoms with van der Waals surface area (Å²) < 4.78 is 1.48. The van der Waals surface area contributed by atoms with Crippen LogP contribution in [0.15, 0.2) is 50.3 Å². The number of aromatic hydroxyl groups is 1. The van der Waals surface area contributed by atoms with Gasteiger partial charge in [-0.1, -0.05) is 23.9 Å². The number of carboxylic acids is 2. The summed E-state index contributed by atoms with van der Waals surface area (Å²) in [5, 5.41) is 46.2. The molecule has 1 saturated heterocycles. The minimum atomic E-state index is -1.50. The van der Waals surface area contributed by atoms with Crippen molar-refractivity contribution in [3.05, 3.63) is 73.5 Å². The second-order valence-corrected chi connectivity index (χ2v) is 11.9. The number of carbonyl (C=O) groups is 5. The third-order valence-electron chi connectivity index (χ3n) is 6.85. The second kappa shape index (κ2) is 12.9. The van der Waals surface area contributed by atoms with E-state index in [0.717, 1.165) is 16.7 Å². The topological polar surface area (TPSA) is 283 Å². The predicted molar refractivity (Wildman–Crippen MR) is 157 cm³/mol.